The maximum absolute atomic E-state index is 5.95. The number of aliphatic imine (C=N–C) groups is 1. The molecule has 1 aromatic carbocycles. The second-order valence-corrected chi connectivity index (χ2v) is 5.82. The minimum Gasteiger partial charge on any atom is -0.496 e. The van der Waals surface area contributed by atoms with Gasteiger partial charge < -0.3 is 15.8 Å². The predicted octanol–water partition coefficient (Wildman–Crippen LogP) is 3.44. The van der Waals surface area contributed by atoms with E-state index in [1.807, 2.05) is 12.1 Å². The zero-order chi connectivity index (χ0) is 15.1. The largest absolute Gasteiger partial charge is 0.496 e. The van der Waals surface area contributed by atoms with Gasteiger partial charge >= 0.3 is 0 Å². The third-order valence-electron chi connectivity index (χ3n) is 4.35. The Bertz CT molecular complexity index is 485. The van der Waals surface area contributed by atoms with Crippen LogP contribution in [0, 0.1) is 0 Å². The van der Waals surface area contributed by atoms with E-state index in [0.29, 0.717) is 5.96 Å². The van der Waals surface area contributed by atoms with E-state index in [4.69, 9.17) is 10.5 Å². The molecule has 22 heavy (non-hydrogen) atoms. The number of ether oxygens (including phenoxy) is 1. The van der Waals surface area contributed by atoms with E-state index in [1.54, 1.807) is 7.11 Å². The molecular weight excluding hydrogens is 389 g/mol. The highest BCUT2D eigenvalue weighted by atomic mass is 127. The fraction of sp³-hybridized carbons (Fsp3) is 0.588. The molecule has 1 aromatic rings. The van der Waals surface area contributed by atoms with E-state index in [1.165, 1.54) is 18.4 Å². The van der Waals surface area contributed by atoms with Gasteiger partial charge in [-0.2, -0.15) is 0 Å². The molecule has 0 saturated heterocycles. The zero-order valence-corrected chi connectivity index (χ0v) is 15.9. The molecule has 1 saturated carbocycles. The maximum Gasteiger partial charge on any atom is 0.188 e. The minimum atomic E-state index is 0. The summed E-state index contributed by atoms with van der Waals surface area (Å²) in [5.41, 5.74) is 7.30. The normalized spacial score (nSPS) is 16.9. The number of benzene rings is 1. The van der Waals surface area contributed by atoms with Gasteiger partial charge in [0.25, 0.3) is 0 Å². The Balaban J connectivity index is 0.00000242. The third kappa shape index (κ3) is 4.51. The summed E-state index contributed by atoms with van der Waals surface area (Å²) in [5, 5.41) is 3.15. The number of methoxy groups -OCH3 is 1. The Morgan fingerprint density at radius 3 is 2.64 bits per heavy atom. The Morgan fingerprint density at radius 2 is 2.00 bits per heavy atom. The van der Waals surface area contributed by atoms with Gasteiger partial charge in [-0.25, -0.2) is 0 Å². The van der Waals surface area contributed by atoms with E-state index < -0.39 is 0 Å². The highest BCUT2D eigenvalue weighted by Gasteiger charge is 2.37. The van der Waals surface area contributed by atoms with Crippen molar-refractivity contribution in [3.63, 3.8) is 0 Å². The Morgan fingerprint density at radius 1 is 1.32 bits per heavy atom. The average Bonchev–Trinajstić information content (AvgIpc) is 3.01. The van der Waals surface area contributed by atoms with Gasteiger partial charge in [0, 0.05) is 17.5 Å². The Kier molecular flexibility index (Phi) is 8.00. The summed E-state index contributed by atoms with van der Waals surface area (Å²) >= 11 is 0. The van der Waals surface area contributed by atoms with Gasteiger partial charge in [-0.05, 0) is 25.3 Å². The number of nitrogens with one attached hydrogen (secondary N) is 1. The van der Waals surface area contributed by atoms with Crippen molar-refractivity contribution in [1.82, 2.24) is 5.32 Å². The summed E-state index contributed by atoms with van der Waals surface area (Å²) in [6.45, 7) is 3.72. The maximum atomic E-state index is 5.95. The first-order valence-electron chi connectivity index (χ1n) is 7.89. The molecule has 1 fully saturated rings. The van der Waals surface area contributed by atoms with Gasteiger partial charge in [-0.1, -0.05) is 38.0 Å². The van der Waals surface area contributed by atoms with E-state index in [0.717, 1.165) is 38.1 Å². The summed E-state index contributed by atoms with van der Waals surface area (Å²) in [7, 11) is 1.74. The van der Waals surface area contributed by atoms with Crippen LogP contribution in [-0.2, 0) is 5.41 Å². The van der Waals surface area contributed by atoms with Crippen LogP contribution in [-0.4, -0.2) is 26.2 Å². The molecule has 3 N–H and O–H groups in total. The Labute approximate surface area is 150 Å². The van der Waals surface area contributed by atoms with E-state index in [2.05, 4.69) is 29.4 Å². The third-order valence-corrected chi connectivity index (χ3v) is 4.35. The molecule has 0 aromatic heterocycles. The van der Waals surface area contributed by atoms with Crippen LogP contribution in [0.5, 0.6) is 5.75 Å². The lowest BCUT2D eigenvalue weighted by Crippen LogP contribution is -2.35. The van der Waals surface area contributed by atoms with Crippen molar-refractivity contribution in [1.29, 1.82) is 0 Å². The van der Waals surface area contributed by atoms with Gasteiger partial charge in [0.05, 0.1) is 13.7 Å². The van der Waals surface area contributed by atoms with Crippen molar-refractivity contribution in [3.8, 4) is 5.75 Å². The molecule has 0 radical (unpaired) electrons. The number of rotatable bonds is 6. The number of hydrogen-bond acceptors (Lipinski definition) is 2. The van der Waals surface area contributed by atoms with Crippen LogP contribution >= 0.6 is 24.0 Å². The van der Waals surface area contributed by atoms with Gasteiger partial charge in [-0.3, -0.25) is 4.99 Å². The second kappa shape index (κ2) is 9.22. The zero-order valence-electron chi connectivity index (χ0n) is 13.6. The summed E-state index contributed by atoms with van der Waals surface area (Å²) in [6, 6.07) is 8.32. The molecule has 0 spiro atoms. The van der Waals surface area contributed by atoms with Crippen LogP contribution in [0.2, 0.25) is 0 Å². The Hall–Kier alpha value is -0.980. The van der Waals surface area contributed by atoms with Crippen LogP contribution in [0.3, 0.4) is 0 Å². The standard InChI is InChI=1S/C17H27N3O.HI/c1-3-12-19-16(18)20-13-17(10-6-7-11-17)14-8-4-5-9-15(14)21-2;/h4-5,8-9H,3,6-7,10-13H2,1-2H3,(H3,18,19,20);1H. The molecule has 4 nitrogen and oxygen atoms in total. The van der Waals surface area contributed by atoms with Crippen LogP contribution in [0.25, 0.3) is 0 Å². The average molecular weight is 417 g/mol. The number of nitrogens with two attached hydrogens (primary N) is 1. The van der Waals surface area contributed by atoms with Crippen molar-refractivity contribution >= 4 is 29.9 Å². The molecule has 0 heterocycles. The van der Waals surface area contributed by atoms with Crippen molar-refractivity contribution in [2.24, 2.45) is 10.7 Å². The topological polar surface area (TPSA) is 59.6 Å². The number of halogens is 1. The lowest BCUT2D eigenvalue weighted by atomic mass is 9.78. The molecule has 5 heteroatoms. The first-order valence-corrected chi connectivity index (χ1v) is 7.89. The van der Waals surface area contributed by atoms with E-state index >= 15 is 0 Å². The summed E-state index contributed by atoms with van der Waals surface area (Å²) in [5.74, 6) is 1.52. The molecule has 2 rings (SSSR count). The SMILES string of the molecule is CCCNC(N)=NCC1(c2ccccc2OC)CCCC1.I. The first kappa shape index (κ1) is 19.1. The first-order chi connectivity index (χ1) is 10.2. The smallest absolute Gasteiger partial charge is 0.188 e. The second-order valence-electron chi connectivity index (χ2n) is 5.82. The van der Waals surface area contributed by atoms with Gasteiger partial charge in [0.1, 0.15) is 5.75 Å². The quantitative estimate of drug-likeness (QED) is 0.424. The molecule has 0 amide bonds. The van der Waals surface area contributed by atoms with Crippen molar-refractivity contribution in [2.45, 2.75) is 44.4 Å². The van der Waals surface area contributed by atoms with Gasteiger partial charge in [0.2, 0.25) is 0 Å². The summed E-state index contributed by atoms with van der Waals surface area (Å²) in [6.07, 6.45) is 5.84. The summed E-state index contributed by atoms with van der Waals surface area (Å²) < 4.78 is 5.56. The number of para-hydroxylation sites is 1. The minimum absolute atomic E-state index is 0. The predicted molar refractivity (Wildman–Crippen MR) is 103 cm³/mol. The van der Waals surface area contributed by atoms with Crippen molar-refractivity contribution < 1.29 is 4.74 Å². The van der Waals surface area contributed by atoms with Gasteiger partial charge in [-0.15, -0.1) is 24.0 Å². The highest BCUT2D eigenvalue weighted by Crippen LogP contribution is 2.44. The molecule has 0 unspecified atom stereocenters. The molecule has 1 aliphatic carbocycles. The lowest BCUT2D eigenvalue weighted by molar-refractivity contribution is 0.378. The van der Waals surface area contributed by atoms with E-state index in [-0.39, 0.29) is 29.4 Å². The fourth-order valence-corrected chi connectivity index (χ4v) is 3.19. The molecular formula is C17H28IN3O. The fourth-order valence-electron chi connectivity index (χ4n) is 3.19. The summed E-state index contributed by atoms with van der Waals surface area (Å²) in [4.78, 5) is 4.60. The highest BCUT2D eigenvalue weighted by molar-refractivity contribution is 14.0. The van der Waals surface area contributed by atoms with Gasteiger partial charge in [0.15, 0.2) is 5.96 Å². The van der Waals surface area contributed by atoms with Crippen LogP contribution < -0.4 is 15.8 Å². The van der Waals surface area contributed by atoms with Crippen LogP contribution in [0.4, 0.5) is 0 Å². The molecule has 0 bridgehead atoms. The molecule has 124 valence electrons. The molecule has 0 aliphatic heterocycles. The van der Waals surface area contributed by atoms with E-state index in [9.17, 15) is 0 Å². The van der Waals surface area contributed by atoms with Crippen molar-refractivity contribution in [2.75, 3.05) is 20.2 Å². The molecule has 1 aliphatic rings. The number of nitrogens with zero attached hydrogens (tertiary/aromatic N) is 1. The van der Waals surface area contributed by atoms with Crippen LogP contribution in [0.15, 0.2) is 29.3 Å². The van der Waals surface area contributed by atoms with Crippen LogP contribution in [0.1, 0.15) is 44.6 Å². The number of hydrogen-bond donors (Lipinski definition) is 2. The van der Waals surface area contributed by atoms with Crippen molar-refractivity contribution in [3.05, 3.63) is 29.8 Å². The lowest BCUT2D eigenvalue weighted by Gasteiger charge is -2.29. The monoisotopic (exact) mass is 417 g/mol. The number of guanidine groups is 1. The molecule has 0 atom stereocenters.